The van der Waals surface area contributed by atoms with Gasteiger partial charge < -0.3 is 5.32 Å². The topological polar surface area (TPSA) is 29.1 Å². The molecule has 0 amide bonds. The summed E-state index contributed by atoms with van der Waals surface area (Å²) in [6.45, 7) is 3.68. The summed E-state index contributed by atoms with van der Waals surface area (Å²) in [5.41, 5.74) is 2.45. The minimum Gasteiger partial charge on any atom is -0.310 e. The molecule has 2 rings (SSSR count). The summed E-state index contributed by atoms with van der Waals surface area (Å²) in [6, 6.07) is 8.36. The van der Waals surface area contributed by atoms with Gasteiger partial charge in [0.05, 0.1) is 6.54 Å². The Hall–Kier alpha value is -1.15. The minimum absolute atomic E-state index is 0.287. The standard InChI is InChI=1S/C15H21NO/c1-2-12-3-5-13(6-4-12)9-15(17)11-16-10-14-7-8-14/h3-6,14,16H,2,7-11H2,1H3. The first kappa shape index (κ1) is 12.3. The molecule has 1 aliphatic rings. The zero-order valence-electron chi connectivity index (χ0n) is 10.5. The van der Waals surface area contributed by atoms with E-state index in [1.165, 1.54) is 18.4 Å². The van der Waals surface area contributed by atoms with Crippen molar-refractivity contribution in [2.75, 3.05) is 13.1 Å². The molecule has 1 aliphatic carbocycles. The summed E-state index contributed by atoms with van der Waals surface area (Å²) in [6.07, 6.45) is 4.28. The van der Waals surface area contributed by atoms with Gasteiger partial charge in [-0.25, -0.2) is 0 Å². The van der Waals surface area contributed by atoms with Crippen LogP contribution < -0.4 is 5.32 Å². The largest absolute Gasteiger partial charge is 0.310 e. The van der Waals surface area contributed by atoms with Crippen molar-refractivity contribution >= 4 is 5.78 Å². The molecule has 0 aromatic heterocycles. The molecule has 1 saturated carbocycles. The van der Waals surface area contributed by atoms with Crippen LogP contribution in [0.2, 0.25) is 0 Å². The van der Waals surface area contributed by atoms with Crippen LogP contribution in [0.25, 0.3) is 0 Å². The van der Waals surface area contributed by atoms with Gasteiger partial charge in [-0.15, -0.1) is 0 Å². The smallest absolute Gasteiger partial charge is 0.150 e. The monoisotopic (exact) mass is 231 g/mol. The zero-order valence-corrected chi connectivity index (χ0v) is 10.5. The molecule has 0 aliphatic heterocycles. The number of benzene rings is 1. The molecule has 1 fully saturated rings. The zero-order chi connectivity index (χ0) is 12.1. The molecule has 2 heteroatoms. The quantitative estimate of drug-likeness (QED) is 0.780. The third kappa shape index (κ3) is 4.31. The van der Waals surface area contributed by atoms with E-state index in [0.717, 1.165) is 24.4 Å². The Morgan fingerprint density at radius 1 is 1.24 bits per heavy atom. The Kier molecular flexibility index (Phi) is 4.32. The normalized spacial score (nSPS) is 14.9. The van der Waals surface area contributed by atoms with Crippen molar-refractivity contribution in [3.63, 3.8) is 0 Å². The number of hydrogen-bond donors (Lipinski definition) is 1. The van der Waals surface area contributed by atoms with Crippen molar-refractivity contribution in [2.24, 2.45) is 5.92 Å². The van der Waals surface area contributed by atoms with Gasteiger partial charge in [-0.2, -0.15) is 0 Å². The molecule has 1 N–H and O–H groups in total. The number of carbonyl (C=O) groups is 1. The summed E-state index contributed by atoms with van der Waals surface area (Å²) in [5, 5.41) is 3.24. The predicted octanol–water partition coefficient (Wildman–Crippen LogP) is 2.36. The van der Waals surface area contributed by atoms with Gasteiger partial charge in [0.15, 0.2) is 5.78 Å². The van der Waals surface area contributed by atoms with Gasteiger partial charge in [0.25, 0.3) is 0 Å². The molecule has 92 valence electrons. The van der Waals surface area contributed by atoms with E-state index in [4.69, 9.17) is 0 Å². The summed E-state index contributed by atoms with van der Waals surface area (Å²) in [5.74, 6) is 1.13. The number of nitrogens with one attached hydrogen (secondary N) is 1. The van der Waals surface area contributed by atoms with Crippen LogP contribution in [0.3, 0.4) is 0 Å². The molecule has 0 radical (unpaired) electrons. The van der Waals surface area contributed by atoms with Crippen LogP contribution >= 0.6 is 0 Å². The Balaban J connectivity index is 1.72. The molecule has 0 saturated heterocycles. The van der Waals surface area contributed by atoms with Crippen molar-refractivity contribution in [3.05, 3.63) is 35.4 Å². The summed E-state index contributed by atoms with van der Waals surface area (Å²) in [7, 11) is 0. The first-order valence-corrected chi connectivity index (χ1v) is 6.58. The second-order valence-electron chi connectivity index (χ2n) is 4.96. The van der Waals surface area contributed by atoms with E-state index in [-0.39, 0.29) is 5.78 Å². The van der Waals surface area contributed by atoms with Crippen LogP contribution in [-0.2, 0) is 17.6 Å². The highest BCUT2D eigenvalue weighted by Gasteiger charge is 2.20. The average molecular weight is 231 g/mol. The first-order chi connectivity index (χ1) is 8.28. The second-order valence-corrected chi connectivity index (χ2v) is 4.96. The van der Waals surface area contributed by atoms with Gasteiger partial charge >= 0.3 is 0 Å². The van der Waals surface area contributed by atoms with Gasteiger partial charge in [-0.3, -0.25) is 4.79 Å². The number of hydrogen-bond acceptors (Lipinski definition) is 2. The molecule has 1 aromatic carbocycles. The average Bonchev–Trinajstić information content (AvgIpc) is 3.14. The lowest BCUT2D eigenvalue weighted by Gasteiger charge is -2.04. The molecule has 0 heterocycles. The maximum Gasteiger partial charge on any atom is 0.150 e. The van der Waals surface area contributed by atoms with Crippen LogP contribution in [0.4, 0.5) is 0 Å². The van der Waals surface area contributed by atoms with Crippen molar-refractivity contribution in [2.45, 2.75) is 32.6 Å². The lowest BCUT2D eigenvalue weighted by Crippen LogP contribution is -2.26. The van der Waals surface area contributed by atoms with E-state index in [1.54, 1.807) is 0 Å². The molecule has 0 bridgehead atoms. The number of aryl methyl sites for hydroxylation is 1. The van der Waals surface area contributed by atoms with Crippen molar-refractivity contribution < 1.29 is 4.79 Å². The Morgan fingerprint density at radius 2 is 1.88 bits per heavy atom. The van der Waals surface area contributed by atoms with Crippen LogP contribution in [0.1, 0.15) is 30.9 Å². The molecule has 0 unspecified atom stereocenters. The van der Waals surface area contributed by atoms with Gasteiger partial charge in [-0.05, 0) is 42.9 Å². The van der Waals surface area contributed by atoms with Gasteiger partial charge in [0.1, 0.15) is 0 Å². The van der Waals surface area contributed by atoms with Gasteiger partial charge in [0.2, 0.25) is 0 Å². The van der Waals surface area contributed by atoms with Crippen molar-refractivity contribution in [1.29, 1.82) is 0 Å². The fraction of sp³-hybridized carbons (Fsp3) is 0.533. The second kappa shape index (κ2) is 5.97. The molecule has 17 heavy (non-hydrogen) atoms. The van der Waals surface area contributed by atoms with Crippen molar-refractivity contribution in [3.8, 4) is 0 Å². The maximum atomic E-state index is 11.7. The molecule has 2 nitrogen and oxygen atoms in total. The van der Waals surface area contributed by atoms with Crippen LogP contribution in [0.15, 0.2) is 24.3 Å². The van der Waals surface area contributed by atoms with Gasteiger partial charge in [-0.1, -0.05) is 31.2 Å². The van der Waals surface area contributed by atoms with E-state index in [1.807, 2.05) is 0 Å². The molecule has 1 aromatic rings. The van der Waals surface area contributed by atoms with E-state index >= 15 is 0 Å². The SMILES string of the molecule is CCc1ccc(CC(=O)CNCC2CC2)cc1. The lowest BCUT2D eigenvalue weighted by molar-refractivity contribution is -0.117. The predicted molar refractivity (Wildman–Crippen MR) is 70.1 cm³/mol. The Morgan fingerprint density at radius 3 is 2.47 bits per heavy atom. The first-order valence-electron chi connectivity index (χ1n) is 6.58. The number of rotatable bonds is 7. The van der Waals surface area contributed by atoms with Crippen LogP contribution in [-0.4, -0.2) is 18.9 Å². The molecular formula is C15H21NO. The number of ketones is 1. The van der Waals surface area contributed by atoms with Crippen molar-refractivity contribution in [1.82, 2.24) is 5.32 Å². The van der Waals surface area contributed by atoms with Crippen LogP contribution in [0.5, 0.6) is 0 Å². The summed E-state index contributed by atoms with van der Waals surface area (Å²) in [4.78, 5) is 11.7. The molecular weight excluding hydrogens is 210 g/mol. The van der Waals surface area contributed by atoms with E-state index in [0.29, 0.717) is 13.0 Å². The van der Waals surface area contributed by atoms with Gasteiger partial charge in [0, 0.05) is 6.42 Å². The minimum atomic E-state index is 0.287. The maximum absolute atomic E-state index is 11.7. The van der Waals surface area contributed by atoms with E-state index in [2.05, 4.69) is 36.5 Å². The molecule has 0 spiro atoms. The van der Waals surface area contributed by atoms with Crippen LogP contribution in [0, 0.1) is 5.92 Å². The van der Waals surface area contributed by atoms with E-state index in [9.17, 15) is 4.79 Å². The Bertz CT molecular complexity index is 365. The summed E-state index contributed by atoms with van der Waals surface area (Å²) < 4.78 is 0. The highest BCUT2D eigenvalue weighted by molar-refractivity contribution is 5.82. The Labute approximate surface area is 103 Å². The third-order valence-electron chi connectivity index (χ3n) is 3.28. The highest BCUT2D eigenvalue weighted by atomic mass is 16.1. The molecule has 0 atom stereocenters. The number of Topliss-reactive ketones (excluding diaryl/α,β-unsaturated/α-hetero) is 1. The van der Waals surface area contributed by atoms with E-state index < -0.39 is 0 Å². The highest BCUT2D eigenvalue weighted by Crippen LogP contribution is 2.27. The lowest BCUT2D eigenvalue weighted by atomic mass is 10.1. The summed E-state index contributed by atoms with van der Waals surface area (Å²) >= 11 is 0. The third-order valence-corrected chi connectivity index (χ3v) is 3.28. The number of carbonyl (C=O) groups excluding carboxylic acids is 1. The fourth-order valence-corrected chi connectivity index (χ4v) is 1.92. The fourth-order valence-electron chi connectivity index (χ4n) is 1.92.